The summed E-state index contributed by atoms with van der Waals surface area (Å²) < 4.78 is 37.3. The fourth-order valence-electron chi connectivity index (χ4n) is 1.07. The molecule has 1 aromatic heterocycles. The van der Waals surface area contributed by atoms with Crippen molar-refractivity contribution in [1.82, 2.24) is 4.98 Å². The molecule has 17 heavy (non-hydrogen) atoms. The van der Waals surface area contributed by atoms with E-state index in [1.165, 1.54) is 12.1 Å². The van der Waals surface area contributed by atoms with Crippen molar-refractivity contribution in [3.8, 4) is 0 Å². The molecule has 0 aliphatic heterocycles. The lowest BCUT2D eigenvalue weighted by Crippen LogP contribution is -2.39. The van der Waals surface area contributed by atoms with Crippen molar-refractivity contribution < 1.29 is 13.2 Å². The van der Waals surface area contributed by atoms with E-state index in [1.54, 1.807) is 6.92 Å². The predicted molar refractivity (Wildman–Crippen MR) is 62.7 cm³/mol. The lowest BCUT2D eigenvalue weighted by molar-refractivity contribution is -0.141. The third kappa shape index (κ3) is 3.92. The van der Waals surface area contributed by atoms with Gasteiger partial charge in [0.1, 0.15) is 11.5 Å². The van der Waals surface area contributed by atoms with Gasteiger partial charge in [-0.05, 0) is 19.1 Å². The largest absolute Gasteiger partial charge is 0.433 e. The number of pyridine rings is 1. The van der Waals surface area contributed by atoms with E-state index in [9.17, 15) is 13.2 Å². The summed E-state index contributed by atoms with van der Waals surface area (Å²) in [5.74, 6) is 0.423. The molecule has 0 spiro atoms. The molecule has 1 rings (SSSR count). The topological polar surface area (TPSA) is 24.9 Å². The third-order valence-corrected chi connectivity index (χ3v) is 3.24. The highest BCUT2D eigenvalue weighted by molar-refractivity contribution is 6.22. The minimum Gasteiger partial charge on any atom is -0.362 e. The molecule has 0 saturated heterocycles. The van der Waals surface area contributed by atoms with Crippen LogP contribution >= 0.6 is 23.2 Å². The van der Waals surface area contributed by atoms with Crippen molar-refractivity contribution in [2.45, 2.75) is 18.6 Å². The molecule has 0 fully saturated rings. The first-order valence-corrected chi connectivity index (χ1v) is 5.82. The van der Waals surface area contributed by atoms with Crippen LogP contribution in [0.5, 0.6) is 0 Å². The molecule has 2 nitrogen and oxygen atoms in total. The summed E-state index contributed by atoms with van der Waals surface area (Å²) in [5, 5.41) is 2.79. The molecule has 96 valence electrons. The monoisotopic (exact) mass is 286 g/mol. The molecular formula is C10H11Cl2F3N2. The molecule has 0 unspecified atom stereocenters. The first kappa shape index (κ1) is 14.4. The van der Waals surface area contributed by atoms with Gasteiger partial charge >= 0.3 is 6.18 Å². The quantitative estimate of drug-likeness (QED) is 0.853. The molecule has 0 aromatic carbocycles. The molecule has 0 saturated carbocycles. The first-order valence-electron chi connectivity index (χ1n) is 4.75. The number of nitrogens with zero attached hydrogens (tertiary/aromatic N) is 1. The van der Waals surface area contributed by atoms with Crippen LogP contribution in [0.1, 0.15) is 12.6 Å². The Morgan fingerprint density at radius 2 is 1.82 bits per heavy atom. The molecule has 0 amide bonds. The zero-order valence-corrected chi connectivity index (χ0v) is 10.5. The van der Waals surface area contributed by atoms with Gasteiger partial charge in [-0.15, -0.1) is 23.2 Å². The average molecular weight is 287 g/mol. The van der Waals surface area contributed by atoms with Crippen LogP contribution in [0, 0.1) is 0 Å². The van der Waals surface area contributed by atoms with Crippen LogP contribution in [0.3, 0.4) is 0 Å². The Hall–Kier alpha value is -0.680. The fraction of sp³-hybridized carbons (Fsp3) is 0.500. The van der Waals surface area contributed by atoms with E-state index >= 15 is 0 Å². The molecule has 0 bridgehead atoms. The van der Waals surface area contributed by atoms with Crippen LogP contribution in [0.25, 0.3) is 0 Å². The van der Waals surface area contributed by atoms with Crippen molar-refractivity contribution >= 4 is 29.0 Å². The zero-order valence-electron chi connectivity index (χ0n) is 8.98. The summed E-state index contributed by atoms with van der Waals surface area (Å²) in [5.41, 5.74) is -1.64. The van der Waals surface area contributed by atoms with Crippen molar-refractivity contribution in [1.29, 1.82) is 0 Å². The number of rotatable bonds is 4. The molecule has 0 aliphatic carbocycles. The van der Waals surface area contributed by atoms with E-state index < -0.39 is 17.4 Å². The Bertz CT molecular complexity index is 378. The van der Waals surface area contributed by atoms with Gasteiger partial charge in [0, 0.05) is 11.8 Å². The highest BCUT2D eigenvalue weighted by atomic mass is 35.5. The van der Waals surface area contributed by atoms with Gasteiger partial charge in [0.25, 0.3) is 0 Å². The lowest BCUT2D eigenvalue weighted by atomic mass is 10.1. The predicted octanol–water partition coefficient (Wildman–Crippen LogP) is 3.75. The second-order valence-electron chi connectivity index (χ2n) is 3.86. The molecule has 0 radical (unpaired) electrons. The van der Waals surface area contributed by atoms with Gasteiger partial charge in [-0.25, -0.2) is 4.98 Å². The Balaban J connectivity index is 2.93. The minimum atomic E-state index is -4.46. The summed E-state index contributed by atoms with van der Waals surface area (Å²) in [6, 6.07) is 3.62. The third-order valence-electron chi connectivity index (χ3n) is 2.06. The van der Waals surface area contributed by atoms with Crippen LogP contribution in [0.15, 0.2) is 18.2 Å². The summed E-state index contributed by atoms with van der Waals surface area (Å²) in [7, 11) is 0. The highest BCUT2D eigenvalue weighted by Gasteiger charge is 2.33. The van der Waals surface area contributed by atoms with E-state index in [0.717, 1.165) is 6.07 Å². The second kappa shape index (κ2) is 5.31. The lowest BCUT2D eigenvalue weighted by Gasteiger charge is -2.26. The Kier molecular flexibility index (Phi) is 4.49. The van der Waals surface area contributed by atoms with Gasteiger partial charge < -0.3 is 5.32 Å². The molecule has 0 atom stereocenters. The summed E-state index contributed by atoms with van der Waals surface area (Å²) in [4.78, 5) is 3.47. The number of nitrogens with one attached hydrogen (secondary N) is 1. The van der Waals surface area contributed by atoms with Gasteiger partial charge in [-0.3, -0.25) is 0 Å². The molecule has 7 heteroatoms. The second-order valence-corrected chi connectivity index (χ2v) is 4.39. The summed E-state index contributed by atoms with van der Waals surface area (Å²) in [6.45, 7) is 1.70. The van der Waals surface area contributed by atoms with Crippen LogP contribution in [-0.2, 0) is 6.18 Å². The summed E-state index contributed by atoms with van der Waals surface area (Å²) in [6.07, 6.45) is -4.46. The zero-order chi connectivity index (χ0) is 13.1. The first-order chi connectivity index (χ1) is 7.80. The van der Waals surface area contributed by atoms with Crippen molar-refractivity contribution in [2.24, 2.45) is 0 Å². The van der Waals surface area contributed by atoms with Crippen LogP contribution < -0.4 is 5.32 Å². The molecule has 0 aliphatic rings. The maximum atomic E-state index is 12.4. The molecule has 1 aromatic rings. The minimum absolute atomic E-state index is 0.101. The maximum Gasteiger partial charge on any atom is 0.433 e. The average Bonchev–Trinajstić information content (AvgIpc) is 2.28. The van der Waals surface area contributed by atoms with Crippen LogP contribution in [0.4, 0.5) is 19.0 Å². The van der Waals surface area contributed by atoms with Crippen molar-refractivity contribution in [3.63, 3.8) is 0 Å². The van der Waals surface area contributed by atoms with Crippen LogP contribution in [-0.4, -0.2) is 22.3 Å². The number of halogens is 5. The van der Waals surface area contributed by atoms with E-state index in [0.29, 0.717) is 0 Å². The number of hydrogen-bond donors (Lipinski definition) is 1. The number of hydrogen-bond acceptors (Lipinski definition) is 2. The number of aromatic nitrogens is 1. The van der Waals surface area contributed by atoms with E-state index in [4.69, 9.17) is 23.2 Å². The molecule has 1 heterocycles. The normalized spacial score (nSPS) is 12.6. The molecular weight excluding hydrogens is 276 g/mol. The summed E-state index contributed by atoms with van der Waals surface area (Å²) >= 11 is 11.4. The SMILES string of the molecule is CC(CCl)(CCl)Nc1cccc(C(F)(F)F)n1. The Labute approximate surface area is 107 Å². The molecule has 1 N–H and O–H groups in total. The van der Waals surface area contributed by atoms with Gasteiger partial charge in [-0.2, -0.15) is 13.2 Å². The van der Waals surface area contributed by atoms with E-state index in [1.807, 2.05) is 0 Å². The smallest absolute Gasteiger partial charge is 0.362 e. The Morgan fingerprint density at radius 1 is 1.24 bits per heavy atom. The van der Waals surface area contributed by atoms with Crippen LogP contribution in [0.2, 0.25) is 0 Å². The van der Waals surface area contributed by atoms with E-state index in [2.05, 4.69) is 10.3 Å². The van der Waals surface area contributed by atoms with Gasteiger partial charge in [0.05, 0.1) is 5.54 Å². The van der Waals surface area contributed by atoms with Crippen molar-refractivity contribution in [2.75, 3.05) is 17.1 Å². The van der Waals surface area contributed by atoms with Gasteiger partial charge in [0.15, 0.2) is 0 Å². The van der Waals surface area contributed by atoms with E-state index in [-0.39, 0.29) is 17.6 Å². The number of alkyl halides is 5. The Morgan fingerprint density at radius 3 is 2.29 bits per heavy atom. The van der Waals surface area contributed by atoms with Crippen molar-refractivity contribution in [3.05, 3.63) is 23.9 Å². The fourth-order valence-corrected chi connectivity index (χ4v) is 1.49. The maximum absolute atomic E-state index is 12.4. The highest BCUT2D eigenvalue weighted by Crippen LogP contribution is 2.28. The standard InChI is InChI=1S/C10H11Cl2F3N2/c1-9(5-11,6-12)17-8-4-2-3-7(16-8)10(13,14)15/h2-4H,5-6H2,1H3,(H,16,17). The van der Waals surface area contributed by atoms with Gasteiger partial charge in [0.2, 0.25) is 0 Å². The van der Waals surface area contributed by atoms with Gasteiger partial charge in [-0.1, -0.05) is 6.07 Å². The number of anilines is 1.